The van der Waals surface area contributed by atoms with Crippen molar-refractivity contribution in [2.75, 3.05) is 17.1 Å². The van der Waals surface area contributed by atoms with Crippen molar-refractivity contribution < 1.29 is 22.7 Å². The average Bonchev–Trinajstić information content (AvgIpc) is 2.87. The molecule has 10 heteroatoms. The minimum Gasteiger partial charge on any atom is -0.457 e. The Morgan fingerprint density at radius 3 is 2.02 bits per heavy atom. The van der Waals surface area contributed by atoms with Crippen molar-refractivity contribution in [1.82, 2.24) is 10.2 Å². The summed E-state index contributed by atoms with van der Waals surface area (Å²) in [4.78, 5) is 28.5. The first kappa shape index (κ1) is 31.0. The quantitative estimate of drug-likeness (QED) is 0.315. The van der Waals surface area contributed by atoms with E-state index in [9.17, 15) is 18.0 Å². The van der Waals surface area contributed by atoms with Crippen LogP contribution in [0.4, 0.5) is 5.69 Å². The van der Waals surface area contributed by atoms with Gasteiger partial charge in [0.2, 0.25) is 21.8 Å². The molecule has 0 fully saturated rings. The summed E-state index contributed by atoms with van der Waals surface area (Å²) in [5.41, 5.74) is 0.546. The number of sulfonamides is 1. The van der Waals surface area contributed by atoms with Crippen molar-refractivity contribution in [1.29, 1.82) is 0 Å². The normalized spacial score (nSPS) is 12.3. The van der Waals surface area contributed by atoms with Crippen LogP contribution in [0.1, 0.15) is 39.7 Å². The molecule has 0 spiro atoms. The third-order valence-electron chi connectivity index (χ3n) is 5.93. The van der Waals surface area contributed by atoms with Crippen LogP contribution in [-0.2, 0) is 26.2 Å². The smallest absolute Gasteiger partial charge is 0.244 e. The molecule has 1 N–H and O–H groups in total. The van der Waals surface area contributed by atoms with E-state index in [1.54, 1.807) is 48.5 Å². The monoisotopic (exact) mass is 585 g/mol. The van der Waals surface area contributed by atoms with Crippen LogP contribution < -0.4 is 14.4 Å². The number of ether oxygens (including phenoxy) is 1. The lowest BCUT2D eigenvalue weighted by molar-refractivity contribution is -0.141. The lowest BCUT2D eigenvalue weighted by Gasteiger charge is -2.34. The van der Waals surface area contributed by atoms with Crippen LogP contribution in [0.2, 0.25) is 5.02 Å². The maximum absolute atomic E-state index is 13.8. The van der Waals surface area contributed by atoms with Crippen LogP contribution in [0.5, 0.6) is 11.5 Å². The van der Waals surface area contributed by atoms with E-state index in [4.69, 9.17) is 16.3 Å². The molecule has 40 heavy (non-hydrogen) atoms. The highest BCUT2D eigenvalue weighted by Gasteiger charge is 2.33. The predicted molar refractivity (Wildman–Crippen MR) is 159 cm³/mol. The number of carbonyl (C=O) groups is 2. The van der Waals surface area contributed by atoms with E-state index >= 15 is 0 Å². The molecule has 3 rings (SSSR count). The van der Waals surface area contributed by atoms with Crippen LogP contribution >= 0.6 is 11.6 Å². The van der Waals surface area contributed by atoms with Gasteiger partial charge < -0.3 is 15.0 Å². The van der Waals surface area contributed by atoms with Gasteiger partial charge in [0.05, 0.1) is 11.9 Å². The Balaban J connectivity index is 1.90. The Bertz CT molecular complexity index is 1390. The number of hydrogen-bond donors (Lipinski definition) is 1. The Kier molecular flexibility index (Phi) is 10.2. The summed E-state index contributed by atoms with van der Waals surface area (Å²) in [6.45, 7) is 7.02. The molecular formula is C30H36ClN3O5S. The molecule has 3 aromatic rings. The Hall–Kier alpha value is -3.56. The van der Waals surface area contributed by atoms with Crippen molar-refractivity contribution >= 4 is 39.1 Å². The maximum atomic E-state index is 13.8. The number of amides is 2. The SMILES string of the molecule is CCC(C(=O)NC(C)(C)C)N(Cc1ccc(Cl)cc1)C(=O)CN(c1ccc(Oc2ccccc2)cc1)S(C)(=O)=O. The van der Waals surface area contributed by atoms with Crippen molar-refractivity contribution in [2.45, 2.75) is 52.2 Å². The minimum atomic E-state index is -3.85. The number of para-hydroxylation sites is 1. The molecule has 0 radical (unpaired) electrons. The molecule has 0 aliphatic carbocycles. The second-order valence-corrected chi connectivity index (χ2v) is 12.8. The van der Waals surface area contributed by atoms with E-state index in [1.807, 2.05) is 58.0 Å². The van der Waals surface area contributed by atoms with Gasteiger partial charge in [-0.2, -0.15) is 0 Å². The molecule has 1 atom stereocenters. The Morgan fingerprint density at radius 1 is 0.925 bits per heavy atom. The van der Waals surface area contributed by atoms with E-state index in [-0.39, 0.29) is 12.5 Å². The van der Waals surface area contributed by atoms with Gasteiger partial charge in [-0.15, -0.1) is 0 Å². The summed E-state index contributed by atoms with van der Waals surface area (Å²) >= 11 is 6.04. The standard InChI is InChI=1S/C30H36ClN3O5S/c1-6-27(29(36)32-30(2,3)4)33(20-22-12-14-23(31)15-13-22)28(35)21-34(40(5,37)38)24-16-18-26(19-17-24)39-25-10-8-7-9-11-25/h7-19,27H,6,20-21H2,1-5H3,(H,32,36). The lowest BCUT2D eigenvalue weighted by Crippen LogP contribution is -2.55. The van der Waals surface area contributed by atoms with Gasteiger partial charge in [-0.3, -0.25) is 13.9 Å². The van der Waals surface area contributed by atoms with Gasteiger partial charge in [0.15, 0.2) is 0 Å². The van der Waals surface area contributed by atoms with Crippen LogP contribution in [0, 0.1) is 0 Å². The van der Waals surface area contributed by atoms with Gasteiger partial charge in [0.25, 0.3) is 0 Å². The van der Waals surface area contributed by atoms with Crippen molar-refractivity contribution in [3.05, 3.63) is 89.4 Å². The number of anilines is 1. The second-order valence-electron chi connectivity index (χ2n) is 10.5. The van der Waals surface area contributed by atoms with Gasteiger partial charge in [-0.25, -0.2) is 8.42 Å². The van der Waals surface area contributed by atoms with Crippen molar-refractivity contribution in [3.8, 4) is 11.5 Å². The van der Waals surface area contributed by atoms with Gasteiger partial charge >= 0.3 is 0 Å². The minimum absolute atomic E-state index is 0.105. The molecule has 0 saturated carbocycles. The number of nitrogens with one attached hydrogen (secondary N) is 1. The first-order chi connectivity index (χ1) is 18.8. The highest BCUT2D eigenvalue weighted by Crippen LogP contribution is 2.26. The Labute approximate surface area is 241 Å². The maximum Gasteiger partial charge on any atom is 0.244 e. The van der Waals surface area contributed by atoms with Crippen LogP contribution in [-0.4, -0.2) is 49.5 Å². The number of nitrogens with zero attached hydrogens (tertiary/aromatic N) is 2. The third-order valence-corrected chi connectivity index (χ3v) is 7.33. The van der Waals surface area contributed by atoms with Gasteiger partial charge in [-0.1, -0.05) is 48.9 Å². The number of carbonyl (C=O) groups excluding carboxylic acids is 2. The summed E-state index contributed by atoms with van der Waals surface area (Å²) in [5.74, 6) is 0.331. The molecule has 0 bridgehead atoms. The summed E-state index contributed by atoms with van der Waals surface area (Å²) in [5, 5.41) is 3.49. The molecule has 0 aromatic heterocycles. The summed E-state index contributed by atoms with van der Waals surface area (Å²) in [7, 11) is -3.85. The highest BCUT2D eigenvalue weighted by molar-refractivity contribution is 7.92. The lowest BCUT2D eigenvalue weighted by atomic mass is 10.1. The molecular weight excluding hydrogens is 550 g/mol. The molecule has 2 amide bonds. The zero-order valence-corrected chi connectivity index (χ0v) is 25.0. The highest BCUT2D eigenvalue weighted by atomic mass is 35.5. The largest absolute Gasteiger partial charge is 0.457 e. The molecule has 214 valence electrons. The predicted octanol–water partition coefficient (Wildman–Crippen LogP) is 5.62. The van der Waals surface area contributed by atoms with Crippen LogP contribution in [0.25, 0.3) is 0 Å². The number of rotatable bonds is 11. The fraction of sp³-hybridized carbons (Fsp3) is 0.333. The van der Waals surface area contributed by atoms with Crippen molar-refractivity contribution in [3.63, 3.8) is 0 Å². The number of hydrogen-bond acceptors (Lipinski definition) is 5. The van der Waals surface area contributed by atoms with E-state index in [0.717, 1.165) is 16.1 Å². The molecule has 8 nitrogen and oxygen atoms in total. The van der Waals surface area contributed by atoms with Crippen molar-refractivity contribution in [2.24, 2.45) is 0 Å². The van der Waals surface area contributed by atoms with Gasteiger partial charge in [0, 0.05) is 17.1 Å². The molecule has 3 aromatic carbocycles. The van der Waals surface area contributed by atoms with E-state index < -0.39 is 34.1 Å². The third kappa shape index (κ3) is 8.99. The molecule has 0 aliphatic heterocycles. The Morgan fingerprint density at radius 2 is 1.50 bits per heavy atom. The summed E-state index contributed by atoms with van der Waals surface area (Å²) in [6.07, 6.45) is 1.38. The first-order valence-electron chi connectivity index (χ1n) is 12.9. The zero-order chi connectivity index (χ0) is 29.5. The van der Waals surface area contributed by atoms with Gasteiger partial charge in [0.1, 0.15) is 24.1 Å². The average molecular weight is 586 g/mol. The number of halogens is 1. The summed E-state index contributed by atoms with van der Waals surface area (Å²) < 4.78 is 32.5. The second kappa shape index (κ2) is 13.2. The first-order valence-corrected chi connectivity index (χ1v) is 15.2. The zero-order valence-electron chi connectivity index (χ0n) is 23.4. The van der Waals surface area contributed by atoms with E-state index in [2.05, 4.69) is 5.32 Å². The molecule has 0 heterocycles. The molecule has 1 unspecified atom stereocenters. The van der Waals surface area contributed by atoms with Gasteiger partial charge in [-0.05, 0) is 81.3 Å². The van der Waals surface area contributed by atoms with Crippen LogP contribution in [0.15, 0.2) is 78.9 Å². The summed E-state index contributed by atoms with van der Waals surface area (Å²) in [6, 6.07) is 21.8. The van der Waals surface area contributed by atoms with E-state index in [0.29, 0.717) is 28.6 Å². The topological polar surface area (TPSA) is 96.0 Å². The number of benzene rings is 3. The molecule has 0 aliphatic rings. The fourth-order valence-electron chi connectivity index (χ4n) is 4.08. The van der Waals surface area contributed by atoms with Crippen LogP contribution in [0.3, 0.4) is 0 Å². The fourth-order valence-corrected chi connectivity index (χ4v) is 5.05. The molecule has 0 saturated heterocycles. The van der Waals surface area contributed by atoms with E-state index in [1.165, 1.54) is 4.90 Å².